The molecule has 0 saturated carbocycles. The van der Waals surface area contributed by atoms with Crippen molar-refractivity contribution >= 4 is 17.6 Å². The second-order valence-electron chi connectivity index (χ2n) is 3.82. The lowest BCUT2D eigenvalue weighted by atomic mass is 10.2. The molecule has 3 aromatic rings. The summed E-state index contributed by atoms with van der Waals surface area (Å²) >= 11 is 1.38. The molecule has 92 valence electrons. The Kier molecular flexibility index (Phi) is 3.12. The fourth-order valence-electron chi connectivity index (χ4n) is 1.75. The smallest absolute Gasteiger partial charge is 0.162 e. The van der Waals surface area contributed by atoms with Crippen LogP contribution in [0, 0.1) is 0 Å². The zero-order valence-electron chi connectivity index (χ0n) is 9.85. The first kappa shape index (κ1) is 11.7. The highest BCUT2D eigenvalue weighted by Gasteiger charge is 2.13. The van der Waals surface area contributed by atoms with Gasteiger partial charge in [-0.25, -0.2) is 4.98 Å². The Hall–Kier alpha value is -2.40. The standard InChI is InChI=1S/C14H9N3OS/c18-9-12-13(10-1-5-15-6-2-10)17-14(19-12)11-3-7-16-8-4-11/h1-9H. The fraction of sp³-hybridized carbons (Fsp3) is 0. The molecule has 3 aromatic heterocycles. The van der Waals surface area contributed by atoms with Crippen molar-refractivity contribution < 1.29 is 4.79 Å². The monoisotopic (exact) mass is 267 g/mol. The van der Waals surface area contributed by atoms with Gasteiger partial charge in [0.2, 0.25) is 0 Å². The van der Waals surface area contributed by atoms with Crippen molar-refractivity contribution in [3.63, 3.8) is 0 Å². The molecule has 0 spiro atoms. The topological polar surface area (TPSA) is 55.7 Å². The van der Waals surface area contributed by atoms with Crippen molar-refractivity contribution in [2.45, 2.75) is 0 Å². The van der Waals surface area contributed by atoms with Crippen LogP contribution in [0.3, 0.4) is 0 Å². The maximum Gasteiger partial charge on any atom is 0.162 e. The first-order valence-electron chi connectivity index (χ1n) is 5.65. The van der Waals surface area contributed by atoms with Gasteiger partial charge < -0.3 is 0 Å². The Morgan fingerprint density at radius 3 is 2.05 bits per heavy atom. The molecular weight excluding hydrogens is 258 g/mol. The summed E-state index contributed by atoms with van der Waals surface area (Å²) in [6, 6.07) is 7.45. The van der Waals surface area contributed by atoms with Gasteiger partial charge in [-0.2, -0.15) is 0 Å². The third kappa shape index (κ3) is 2.28. The minimum absolute atomic E-state index is 0.623. The van der Waals surface area contributed by atoms with E-state index in [9.17, 15) is 4.79 Å². The quantitative estimate of drug-likeness (QED) is 0.684. The van der Waals surface area contributed by atoms with E-state index in [1.807, 2.05) is 24.3 Å². The van der Waals surface area contributed by atoms with E-state index in [1.54, 1.807) is 24.8 Å². The zero-order valence-corrected chi connectivity index (χ0v) is 10.7. The third-order valence-corrected chi connectivity index (χ3v) is 3.67. The Balaban J connectivity index is 2.12. The zero-order chi connectivity index (χ0) is 13.1. The van der Waals surface area contributed by atoms with Crippen LogP contribution in [-0.2, 0) is 0 Å². The number of carbonyl (C=O) groups is 1. The average Bonchev–Trinajstić information content (AvgIpc) is 2.93. The maximum atomic E-state index is 11.2. The number of pyridine rings is 2. The lowest BCUT2D eigenvalue weighted by molar-refractivity contribution is 0.112. The van der Waals surface area contributed by atoms with Gasteiger partial charge in [0.1, 0.15) is 5.01 Å². The van der Waals surface area contributed by atoms with Gasteiger partial charge >= 0.3 is 0 Å². The highest BCUT2D eigenvalue weighted by atomic mass is 32.1. The Bertz CT molecular complexity index is 695. The lowest BCUT2D eigenvalue weighted by Crippen LogP contribution is -1.84. The molecule has 3 rings (SSSR count). The van der Waals surface area contributed by atoms with Gasteiger partial charge in [-0.05, 0) is 24.3 Å². The molecule has 0 fully saturated rings. The van der Waals surface area contributed by atoms with E-state index >= 15 is 0 Å². The van der Waals surface area contributed by atoms with Gasteiger partial charge in [-0.1, -0.05) is 0 Å². The minimum Gasteiger partial charge on any atom is -0.297 e. The highest BCUT2D eigenvalue weighted by molar-refractivity contribution is 7.17. The molecule has 0 unspecified atom stereocenters. The molecule has 0 saturated heterocycles. The normalized spacial score (nSPS) is 10.3. The number of aldehydes is 1. The number of hydrogen-bond acceptors (Lipinski definition) is 5. The molecule has 0 aromatic carbocycles. The summed E-state index contributed by atoms with van der Waals surface area (Å²) in [5.41, 5.74) is 2.56. The van der Waals surface area contributed by atoms with Crippen LogP contribution in [0.4, 0.5) is 0 Å². The molecular formula is C14H9N3OS. The number of rotatable bonds is 3. The Morgan fingerprint density at radius 1 is 0.895 bits per heavy atom. The summed E-state index contributed by atoms with van der Waals surface area (Å²) in [7, 11) is 0. The van der Waals surface area contributed by atoms with Crippen LogP contribution in [0.5, 0.6) is 0 Å². The lowest BCUT2D eigenvalue weighted by Gasteiger charge is -1.96. The summed E-state index contributed by atoms with van der Waals surface area (Å²) in [6.45, 7) is 0. The van der Waals surface area contributed by atoms with Crippen LogP contribution in [0.1, 0.15) is 9.67 Å². The fourth-order valence-corrected chi connectivity index (χ4v) is 2.65. The van der Waals surface area contributed by atoms with Crippen molar-refractivity contribution in [2.24, 2.45) is 0 Å². The molecule has 0 aliphatic rings. The molecule has 0 aliphatic carbocycles. The second-order valence-corrected chi connectivity index (χ2v) is 4.85. The molecule has 4 nitrogen and oxygen atoms in total. The molecule has 0 aliphatic heterocycles. The van der Waals surface area contributed by atoms with Gasteiger partial charge in [0.25, 0.3) is 0 Å². The van der Waals surface area contributed by atoms with Crippen LogP contribution in [-0.4, -0.2) is 21.2 Å². The van der Waals surface area contributed by atoms with Crippen LogP contribution in [0.2, 0.25) is 0 Å². The number of aromatic nitrogens is 3. The first-order chi connectivity index (χ1) is 9.38. The molecule has 19 heavy (non-hydrogen) atoms. The summed E-state index contributed by atoms with van der Waals surface area (Å²) in [4.78, 5) is 24.3. The van der Waals surface area contributed by atoms with Gasteiger partial charge in [0, 0.05) is 35.9 Å². The van der Waals surface area contributed by atoms with Crippen LogP contribution >= 0.6 is 11.3 Å². The van der Waals surface area contributed by atoms with E-state index < -0.39 is 0 Å². The van der Waals surface area contributed by atoms with Crippen molar-refractivity contribution in [2.75, 3.05) is 0 Å². The van der Waals surface area contributed by atoms with Crippen molar-refractivity contribution in [3.8, 4) is 21.8 Å². The highest BCUT2D eigenvalue weighted by Crippen LogP contribution is 2.32. The summed E-state index contributed by atoms with van der Waals surface area (Å²) in [5, 5.41) is 0.816. The second kappa shape index (κ2) is 5.07. The van der Waals surface area contributed by atoms with E-state index in [0.717, 1.165) is 22.4 Å². The van der Waals surface area contributed by atoms with Gasteiger partial charge in [-0.15, -0.1) is 11.3 Å². The molecule has 3 heterocycles. The van der Waals surface area contributed by atoms with Crippen LogP contribution in [0.25, 0.3) is 21.8 Å². The van der Waals surface area contributed by atoms with E-state index in [1.165, 1.54) is 11.3 Å². The van der Waals surface area contributed by atoms with E-state index in [-0.39, 0.29) is 0 Å². The van der Waals surface area contributed by atoms with Crippen LogP contribution in [0.15, 0.2) is 49.1 Å². The molecule has 0 amide bonds. The minimum atomic E-state index is 0.623. The van der Waals surface area contributed by atoms with Crippen molar-refractivity contribution in [1.29, 1.82) is 0 Å². The number of carbonyl (C=O) groups excluding carboxylic acids is 1. The maximum absolute atomic E-state index is 11.2. The summed E-state index contributed by atoms with van der Waals surface area (Å²) in [5.74, 6) is 0. The largest absolute Gasteiger partial charge is 0.297 e. The SMILES string of the molecule is O=Cc1sc(-c2ccncc2)nc1-c1ccncc1. The van der Waals surface area contributed by atoms with Crippen molar-refractivity contribution in [3.05, 3.63) is 53.9 Å². The van der Waals surface area contributed by atoms with Crippen molar-refractivity contribution in [1.82, 2.24) is 15.0 Å². The van der Waals surface area contributed by atoms with Crippen LogP contribution < -0.4 is 0 Å². The molecule has 0 radical (unpaired) electrons. The predicted octanol–water partition coefficient (Wildman–Crippen LogP) is 3.08. The Morgan fingerprint density at radius 2 is 1.47 bits per heavy atom. The molecule has 0 bridgehead atoms. The molecule has 5 heteroatoms. The number of hydrogen-bond donors (Lipinski definition) is 0. The molecule has 0 N–H and O–H groups in total. The summed E-state index contributed by atoms with van der Waals surface area (Å²) < 4.78 is 0. The van der Waals surface area contributed by atoms with Gasteiger partial charge in [0.05, 0.1) is 10.6 Å². The van der Waals surface area contributed by atoms with Gasteiger partial charge in [-0.3, -0.25) is 14.8 Å². The van der Waals surface area contributed by atoms with E-state index in [0.29, 0.717) is 10.6 Å². The third-order valence-electron chi connectivity index (χ3n) is 2.64. The van der Waals surface area contributed by atoms with E-state index in [2.05, 4.69) is 15.0 Å². The average molecular weight is 267 g/mol. The van der Waals surface area contributed by atoms with E-state index in [4.69, 9.17) is 0 Å². The molecule has 0 atom stereocenters. The van der Waals surface area contributed by atoms with Gasteiger partial charge in [0.15, 0.2) is 6.29 Å². The number of thiazole rings is 1. The first-order valence-corrected chi connectivity index (χ1v) is 6.47. The summed E-state index contributed by atoms with van der Waals surface area (Å²) in [6.07, 6.45) is 7.65. The Labute approximate surface area is 113 Å². The number of nitrogens with zero attached hydrogens (tertiary/aromatic N) is 3. The predicted molar refractivity (Wildman–Crippen MR) is 74.0 cm³/mol.